The van der Waals surface area contributed by atoms with E-state index in [9.17, 15) is 5.11 Å². The van der Waals surface area contributed by atoms with Crippen molar-refractivity contribution >= 4 is 22.7 Å². The van der Waals surface area contributed by atoms with E-state index in [0.29, 0.717) is 6.42 Å². The maximum absolute atomic E-state index is 10.2. The van der Waals surface area contributed by atoms with Gasteiger partial charge in [-0.2, -0.15) is 0 Å². The Labute approximate surface area is 104 Å². The second-order valence-corrected chi connectivity index (χ2v) is 5.66. The van der Waals surface area contributed by atoms with Crippen molar-refractivity contribution in [2.75, 3.05) is 0 Å². The van der Waals surface area contributed by atoms with E-state index in [0.717, 1.165) is 22.0 Å². The highest BCUT2D eigenvalue weighted by Gasteiger charge is 2.15. The molecule has 1 N–H and O–H groups in total. The molecular formula is C12H15NOS2. The number of rotatable bonds is 4. The average molecular weight is 253 g/mol. The second-order valence-electron chi connectivity index (χ2n) is 3.77. The molecule has 16 heavy (non-hydrogen) atoms. The zero-order chi connectivity index (χ0) is 11.5. The van der Waals surface area contributed by atoms with Crippen molar-refractivity contribution in [3.05, 3.63) is 38.0 Å². The highest BCUT2D eigenvalue weighted by atomic mass is 32.1. The smallest absolute Gasteiger partial charge is 0.0957 e. The molecule has 0 fully saturated rings. The van der Waals surface area contributed by atoms with Crippen LogP contribution >= 0.6 is 22.7 Å². The summed E-state index contributed by atoms with van der Waals surface area (Å²) >= 11 is 3.26. The van der Waals surface area contributed by atoms with E-state index in [1.165, 1.54) is 5.56 Å². The molecule has 4 heteroatoms. The van der Waals surface area contributed by atoms with E-state index < -0.39 is 6.10 Å². The van der Waals surface area contributed by atoms with Crippen LogP contribution in [0.1, 0.15) is 34.2 Å². The summed E-state index contributed by atoms with van der Waals surface area (Å²) in [7, 11) is 0. The fourth-order valence-electron chi connectivity index (χ4n) is 1.69. The number of hydrogen-bond acceptors (Lipinski definition) is 4. The van der Waals surface area contributed by atoms with E-state index in [1.54, 1.807) is 22.7 Å². The molecule has 0 aliphatic heterocycles. The second kappa shape index (κ2) is 5.08. The van der Waals surface area contributed by atoms with Crippen LogP contribution in [0.15, 0.2) is 16.8 Å². The number of hydrogen-bond donors (Lipinski definition) is 1. The first-order chi connectivity index (χ1) is 7.70. The number of aryl methyl sites for hydroxylation is 2. The Balaban J connectivity index is 2.11. The van der Waals surface area contributed by atoms with Crippen molar-refractivity contribution in [3.63, 3.8) is 0 Å². The van der Waals surface area contributed by atoms with Crippen molar-refractivity contribution in [1.29, 1.82) is 0 Å². The van der Waals surface area contributed by atoms with Gasteiger partial charge in [0.1, 0.15) is 0 Å². The normalized spacial score (nSPS) is 12.9. The molecular weight excluding hydrogens is 238 g/mol. The Kier molecular flexibility index (Phi) is 3.74. The molecule has 0 aliphatic carbocycles. The van der Waals surface area contributed by atoms with Crippen LogP contribution in [0.5, 0.6) is 0 Å². The zero-order valence-electron chi connectivity index (χ0n) is 9.43. The van der Waals surface area contributed by atoms with Crippen LogP contribution < -0.4 is 0 Å². The van der Waals surface area contributed by atoms with Crippen LogP contribution in [0.3, 0.4) is 0 Å². The van der Waals surface area contributed by atoms with Crippen LogP contribution in [-0.2, 0) is 12.8 Å². The van der Waals surface area contributed by atoms with E-state index in [2.05, 4.69) is 18.0 Å². The summed E-state index contributed by atoms with van der Waals surface area (Å²) in [6.07, 6.45) is 1.21. The molecule has 0 bridgehead atoms. The Bertz CT molecular complexity index is 461. The van der Waals surface area contributed by atoms with Gasteiger partial charge in [0.25, 0.3) is 0 Å². The van der Waals surface area contributed by atoms with Gasteiger partial charge in [0.2, 0.25) is 0 Å². The van der Waals surface area contributed by atoms with Gasteiger partial charge in [-0.1, -0.05) is 6.92 Å². The van der Waals surface area contributed by atoms with E-state index in [1.807, 2.05) is 17.7 Å². The lowest BCUT2D eigenvalue weighted by molar-refractivity contribution is 0.181. The summed E-state index contributed by atoms with van der Waals surface area (Å²) < 4.78 is 0. The number of thiazole rings is 1. The lowest BCUT2D eigenvalue weighted by atomic mass is 10.1. The largest absolute Gasteiger partial charge is 0.387 e. The molecule has 2 aromatic rings. The third kappa shape index (κ3) is 2.51. The topological polar surface area (TPSA) is 33.1 Å². The maximum Gasteiger partial charge on any atom is 0.0957 e. The first-order valence-electron chi connectivity index (χ1n) is 5.36. The molecule has 0 saturated carbocycles. The van der Waals surface area contributed by atoms with Crippen LogP contribution in [0.2, 0.25) is 0 Å². The number of aliphatic hydroxyl groups is 1. The summed E-state index contributed by atoms with van der Waals surface area (Å²) in [5.74, 6) is 0. The minimum atomic E-state index is -0.402. The number of aromatic nitrogens is 1. The fraction of sp³-hybridized carbons (Fsp3) is 0.417. The van der Waals surface area contributed by atoms with Gasteiger partial charge < -0.3 is 5.11 Å². The molecule has 1 unspecified atom stereocenters. The highest BCUT2D eigenvalue weighted by molar-refractivity contribution is 7.10. The molecule has 2 heterocycles. The molecule has 0 aromatic carbocycles. The van der Waals surface area contributed by atoms with Crippen molar-refractivity contribution in [1.82, 2.24) is 4.98 Å². The summed E-state index contributed by atoms with van der Waals surface area (Å²) in [5.41, 5.74) is 2.29. The minimum absolute atomic E-state index is 0.402. The summed E-state index contributed by atoms with van der Waals surface area (Å²) in [6, 6.07) is 2.09. The van der Waals surface area contributed by atoms with Crippen molar-refractivity contribution in [3.8, 4) is 0 Å². The molecule has 2 aromatic heterocycles. The molecule has 0 radical (unpaired) electrons. The van der Waals surface area contributed by atoms with Crippen molar-refractivity contribution in [2.24, 2.45) is 0 Å². The number of thiophene rings is 1. The van der Waals surface area contributed by atoms with Gasteiger partial charge in [-0.25, -0.2) is 4.98 Å². The molecule has 86 valence electrons. The predicted molar refractivity (Wildman–Crippen MR) is 69.2 cm³/mol. The van der Waals surface area contributed by atoms with Gasteiger partial charge in [-0.3, -0.25) is 0 Å². The Morgan fingerprint density at radius 1 is 1.44 bits per heavy atom. The van der Waals surface area contributed by atoms with Crippen LogP contribution in [-0.4, -0.2) is 10.1 Å². The van der Waals surface area contributed by atoms with Gasteiger partial charge in [0.15, 0.2) is 0 Å². The SMILES string of the molecule is CCc1ccsc1C(O)Cc1nc(C)cs1. The van der Waals surface area contributed by atoms with Crippen molar-refractivity contribution < 1.29 is 5.11 Å². The van der Waals surface area contributed by atoms with E-state index >= 15 is 0 Å². The first kappa shape index (κ1) is 11.8. The van der Waals surface area contributed by atoms with Gasteiger partial charge >= 0.3 is 0 Å². The molecule has 0 spiro atoms. The third-order valence-corrected chi connectivity index (χ3v) is 4.55. The summed E-state index contributed by atoms with van der Waals surface area (Å²) in [5, 5.41) is 15.2. The zero-order valence-corrected chi connectivity index (χ0v) is 11.1. The standard InChI is InChI=1S/C12H15NOS2/c1-3-9-4-5-15-12(9)10(14)6-11-13-8(2)7-16-11/h4-5,7,10,14H,3,6H2,1-2H3. The fourth-order valence-corrected chi connectivity index (χ4v) is 3.48. The lowest BCUT2D eigenvalue weighted by Crippen LogP contribution is -2.01. The Morgan fingerprint density at radius 3 is 2.88 bits per heavy atom. The number of aliphatic hydroxyl groups excluding tert-OH is 1. The Morgan fingerprint density at radius 2 is 2.25 bits per heavy atom. The molecule has 0 saturated heterocycles. The van der Waals surface area contributed by atoms with Crippen LogP contribution in [0, 0.1) is 6.92 Å². The third-order valence-electron chi connectivity index (χ3n) is 2.50. The van der Waals surface area contributed by atoms with E-state index in [-0.39, 0.29) is 0 Å². The van der Waals surface area contributed by atoms with Gasteiger partial charge in [0, 0.05) is 22.4 Å². The van der Waals surface area contributed by atoms with E-state index in [4.69, 9.17) is 0 Å². The maximum atomic E-state index is 10.2. The van der Waals surface area contributed by atoms with Crippen LogP contribution in [0.4, 0.5) is 0 Å². The number of nitrogens with zero attached hydrogens (tertiary/aromatic N) is 1. The Hall–Kier alpha value is -0.710. The van der Waals surface area contributed by atoms with Gasteiger partial charge in [-0.05, 0) is 30.4 Å². The molecule has 2 nitrogen and oxygen atoms in total. The summed E-state index contributed by atoms with van der Waals surface area (Å²) in [6.45, 7) is 4.10. The highest BCUT2D eigenvalue weighted by Crippen LogP contribution is 2.28. The molecule has 2 rings (SSSR count). The first-order valence-corrected chi connectivity index (χ1v) is 7.12. The molecule has 0 amide bonds. The molecule has 0 aliphatic rings. The minimum Gasteiger partial charge on any atom is -0.387 e. The van der Waals surface area contributed by atoms with Crippen molar-refractivity contribution in [2.45, 2.75) is 32.8 Å². The van der Waals surface area contributed by atoms with Gasteiger partial charge in [-0.15, -0.1) is 22.7 Å². The monoisotopic (exact) mass is 253 g/mol. The van der Waals surface area contributed by atoms with Crippen LogP contribution in [0.25, 0.3) is 0 Å². The van der Waals surface area contributed by atoms with Gasteiger partial charge in [0.05, 0.1) is 11.1 Å². The predicted octanol–water partition coefficient (Wildman–Crippen LogP) is 3.35. The quantitative estimate of drug-likeness (QED) is 0.906. The summed E-state index contributed by atoms with van der Waals surface area (Å²) in [4.78, 5) is 5.47. The molecule has 1 atom stereocenters. The average Bonchev–Trinajstić information content (AvgIpc) is 2.86. The lowest BCUT2D eigenvalue weighted by Gasteiger charge is -2.08.